The predicted molar refractivity (Wildman–Crippen MR) is 90.9 cm³/mol. The van der Waals surface area contributed by atoms with Gasteiger partial charge in [-0.05, 0) is 49.7 Å². The van der Waals surface area contributed by atoms with Crippen LogP contribution in [0.4, 0.5) is 4.39 Å². The largest absolute Gasteiger partial charge is 0.497 e. The minimum absolute atomic E-state index is 0.00355. The molecule has 124 valence electrons. The number of methoxy groups -OCH3 is 2. The Labute approximate surface area is 141 Å². The van der Waals surface area contributed by atoms with E-state index in [-0.39, 0.29) is 17.9 Å². The number of hydrogen-bond donors (Lipinski definition) is 1. The molecular weight excluding hydrogens is 317 g/mol. The zero-order chi connectivity index (χ0) is 17.0. The number of rotatable bonds is 6. The summed E-state index contributed by atoms with van der Waals surface area (Å²) in [6, 6.07) is 10.1. The van der Waals surface area contributed by atoms with Crippen LogP contribution in [0.15, 0.2) is 36.4 Å². The van der Waals surface area contributed by atoms with Crippen molar-refractivity contribution in [3.8, 4) is 11.5 Å². The highest BCUT2D eigenvalue weighted by molar-refractivity contribution is 6.31. The Morgan fingerprint density at radius 3 is 2.26 bits per heavy atom. The number of halogens is 2. The van der Waals surface area contributed by atoms with Crippen LogP contribution < -0.4 is 14.8 Å². The molecule has 0 fully saturated rings. The maximum absolute atomic E-state index is 13.2. The number of nitrogens with one attached hydrogen (secondary N) is 1. The summed E-state index contributed by atoms with van der Waals surface area (Å²) >= 11 is 6.14. The van der Waals surface area contributed by atoms with Crippen LogP contribution in [0, 0.1) is 5.82 Å². The summed E-state index contributed by atoms with van der Waals surface area (Å²) in [6.07, 6.45) is 0. The molecule has 0 aromatic heterocycles. The average Bonchev–Trinajstić information content (AvgIpc) is 2.53. The van der Waals surface area contributed by atoms with Crippen LogP contribution in [0.25, 0.3) is 0 Å². The van der Waals surface area contributed by atoms with E-state index in [2.05, 4.69) is 5.32 Å². The summed E-state index contributed by atoms with van der Waals surface area (Å²) < 4.78 is 23.9. The number of benzene rings is 2. The van der Waals surface area contributed by atoms with Crippen molar-refractivity contribution in [2.24, 2.45) is 0 Å². The van der Waals surface area contributed by atoms with Crippen LogP contribution in [0.2, 0.25) is 5.02 Å². The Morgan fingerprint density at radius 2 is 1.65 bits per heavy atom. The van der Waals surface area contributed by atoms with Gasteiger partial charge in [-0.2, -0.15) is 0 Å². The van der Waals surface area contributed by atoms with E-state index in [0.717, 1.165) is 22.6 Å². The summed E-state index contributed by atoms with van der Waals surface area (Å²) in [6.45, 7) is 4.02. The minimum Gasteiger partial charge on any atom is -0.497 e. The van der Waals surface area contributed by atoms with Crippen LogP contribution >= 0.6 is 11.6 Å². The molecule has 0 heterocycles. The van der Waals surface area contributed by atoms with Crippen molar-refractivity contribution in [3.05, 3.63) is 58.4 Å². The molecule has 2 aromatic rings. The van der Waals surface area contributed by atoms with Crippen molar-refractivity contribution in [2.75, 3.05) is 14.2 Å². The molecule has 3 nitrogen and oxygen atoms in total. The van der Waals surface area contributed by atoms with Gasteiger partial charge < -0.3 is 14.8 Å². The molecule has 0 saturated heterocycles. The lowest BCUT2D eigenvalue weighted by molar-refractivity contribution is 0.387. The second-order valence-corrected chi connectivity index (χ2v) is 5.79. The lowest BCUT2D eigenvalue weighted by atomic mass is 10.0. The molecule has 0 spiro atoms. The van der Waals surface area contributed by atoms with Gasteiger partial charge in [0.05, 0.1) is 14.2 Å². The molecule has 0 radical (unpaired) electrons. The first-order valence-electron chi connectivity index (χ1n) is 7.39. The second kappa shape index (κ2) is 7.66. The number of hydrogen-bond acceptors (Lipinski definition) is 3. The zero-order valence-electron chi connectivity index (χ0n) is 13.7. The quantitative estimate of drug-likeness (QED) is 0.812. The van der Waals surface area contributed by atoms with Crippen LogP contribution in [-0.4, -0.2) is 14.2 Å². The summed E-state index contributed by atoms with van der Waals surface area (Å²) in [7, 11) is 3.27. The van der Waals surface area contributed by atoms with E-state index in [0.29, 0.717) is 5.02 Å². The molecule has 0 aliphatic carbocycles. The first kappa shape index (κ1) is 17.6. The van der Waals surface area contributed by atoms with Crippen LogP contribution in [0.3, 0.4) is 0 Å². The molecule has 0 aliphatic heterocycles. The van der Waals surface area contributed by atoms with Gasteiger partial charge >= 0.3 is 0 Å². The fourth-order valence-corrected chi connectivity index (χ4v) is 2.92. The van der Waals surface area contributed by atoms with Crippen LogP contribution in [-0.2, 0) is 0 Å². The molecule has 0 amide bonds. The van der Waals surface area contributed by atoms with Gasteiger partial charge in [0.1, 0.15) is 17.3 Å². The third-order valence-corrected chi connectivity index (χ3v) is 4.16. The Balaban J connectivity index is 2.22. The first-order chi connectivity index (χ1) is 11.0. The normalized spacial score (nSPS) is 13.5. The third kappa shape index (κ3) is 4.15. The first-order valence-corrected chi connectivity index (χ1v) is 7.77. The fraction of sp³-hybridized carbons (Fsp3) is 0.333. The van der Waals surface area contributed by atoms with Crippen molar-refractivity contribution in [3.63, 3.8) is 0 Å². The molecular formula is C18H21ClFNO2. The summed E-state index contributed by atoms with van der Waals surface area (Å²) in [4.78, 5) is 0. The van der Waals surface area contributed by atoms with Crippen molar-refractivity contribution in [1.82, 2.24) is 5.32 Å². The zero-order valence-corrected chi connectivity index (χ0v) is 14.4. The van der Waals surface area contributed by atoms with Gasteiger partial charge in [0.25, 0.3) is 0 Å². The van der Waals surface area contributed by atoms with Crippen molar-refractivity contribution in [2.45, 2.75) is 25.9 Å². The van der Waals surface area contributed by atoms with Crippen LogP contribution in [0.1, 0.15) is 37.1 Å². The van der Waals surface area contributed by atoms with E-state index in [9.17, 15) is 4.39 Å². The lowest BCUT2D eigenvalue weighted by Gasteiger charge is -2.23. The predicted octanol–water partition coefficient (Wildman–Crippen LogP) is 4.91. The van der Waals surface area contributed by atoms with Gasteiger partial charge in [0.15, 0.2) is 0 Å². The Hall–Kier alpha value is -1.78. The molecule has 23 heavy (non-hydrogen) atoms. The van der Waals surface area contributed by atoms with Gasteiger partial charge in [0, 0.05) is 22.7 Å². The Bertz CT molecular complexity index is 678. The highest BCUT2D eigenvalue weighted by Gasteiger charge is 2.17. The topological polar surface area (TPSA) is 30.5 Å². The number of ether oxygens (including phenoxy) is 2. The summed E-state index contributed by atoms with van der Waals surface area (Å²) in [5.74, 6) is 1.21. The Morgan fingerprint density at radius 1 is 0.957 bits per heavy atom. The maximum atomic E-state index is 13.2. The monoisotopic (exact) mass is 337 g/mol. The molecule has 0 bridgehead atoms. The highest BCUT2D eigenvalue weighted by Crippen LogP contribution is 2.32. The summed E-state index contributed by atoms with van der Waals surface area (Å²) in [5, 5.41) is 3.87. The molecule has 0 aliphatic rings. The molecule has 2 unspecified atom stereocenters. The second-order valence-electron chi connectivity index (χ2n) is 5.38. The van der Waals surface area contributed by atoms with Gasteiger partial charge in [-0.15, -0.1) is 0 Å². The van der Waals surface area contributed by atoms with Gasteiger partial charge in [-0.25, -0.2) is 4.39 Å². The van der Waals surface area contributed by atoms with E-state index in [1.54, 1.807) is 20.3 Å². The van der Waals surface area contributed by atoms with Gasteiger partial charge in [-0.1, -0.05) is 17.7 Å². The van der Waals surface area contributed by atoms with E-state index in [1.165, 1.54) is 12.1 Å². The Kier molecular flexibility index (Phi) is 5.85. The molecule has 1 N–H and O–H groups in total. The molecule has 2 aromatic carbocycles. The molecule has 2 rings (SSSR count). The van der Waals surface area contributed by atoms with E-state index in [4.69, 9.17) is 21.1 Å². The average molecular weight is 338 g/mol. The lowest BCUT2D eigenvalue weighted by Crippen LogP contribution is -2.23. The fourth-order valence-electron chi connectivity index (χ4n) is 2.59. The highest BCUT2D eigenvalue weighted by atomic mass is 35.5. The van der Waals surface area contributed by atoms with Crippen molar-refractivity contribution in [1.29, 1.82) is 0 Å². The molecule has 0 saturated carbocycles. The van der Waals surface area contributed by atoms with E-state index < -0.39 is 0 Å². The van der Waals surface area contributed by atoms with Crippen LogP contribution in [0.5, 0.6) is 11.5 Å². The SMILES string of the molecule is COc1ccc(OC)c(C(C)NC(C)c2ccc(F)cc2Cl)c1. The maximum Gasteiger partial charge on any atom is 0.124 e. The standard InChI is InChI=1S/C18H21ClFNO2/c1-11(15-7-5-13(20)9-17(15)19)21-12(2)16-10-14(22-3)6-8-18(16)23-4/h5-12,21H,1-4H3. The van der Waals surface area contributed by atoms with Crippen molar-refractivity contribution < 1.29 is 13.9 Å². The van der Waals surface area contributed by atoms with E-state index in [1.807, 2.05) is 32.0 Å². The van der Waals surface area contributed by atoms with Crippen molar-refractivity contribution >= 4 is 11.6 Å². The minimum atomic E-state index is -0.339. The smallest absolute Gasteiger partial charge is 0.124 e. The van der Waals surface area contributed by atoms with Gasteiger partial charge in [0.2, 0.25) is 0 Å². The third-order valence-electron chi connectivity index (χ3n) is 3.83. The molecule has 5 heteroatoms. The molecule has 2 atom stereocenters. The van der Waals surface area contributed by atoms with Gasteiger partial charge in [-0.3, -0.25) is 0 Å². The van der Waals surface area contributed by atoms with E-state index >= 15 is 0 Å². The summed E-state index contributed by atoms with van der Waals surface area (Å²) in [5.41, 5.74) is 1.83.